The maximum Gasteiger partial charge on any atom is 0.336 e. The van der Waals surface area contributed by atoms with Gasteiger partial charge in [0.25, 0.3) is 0 Å². The number of carbonyl (C=O) groups excluding carboxylic acids is 1. The van der Waals surface area contributed by atoms with Crippen LogP contribution in [-0.4, -0.2) is 27.5 Å². The molecule has 0 aliphatic heterocycles. The number of nitrogens with zero attached hydrogens (tertiary/aromatic N) is 1. The van der Waals surface area contributed by atoms with E-state index in [1.165, 1.54) is 6.08 Å². The molecule has 0 aliphatic carbocycles. The maximum absolute atomic E-state index is 10.1. The normalized spacial score (nSPS) is 16.6. The first kappa shape index (κ1) is 15.5. The van der Waals surface area contributed by atoms with Crippen LogP contribution in [0.15, 0.2) is 4.99 Å². The molecule has 0 aliphatic rings. The monoisotopic (exact) mass is 245 g/mol. The fourth-order valence-corrected chi connectivity index (χ4v) is 4.30. The van der Waals surface area contributed by atoms with Crippen molar-refractivity contribution in [1.82, 2.24) is 0 Å². The Kier molecular flexibility index (Phi) is 7.50. The molecule has 0 heterocycles. The van der Waals surface area contributed by atoms with Crippen LogP contribution in [0, 0.1) is 5.92 Å². The lowest BCUT2D eigenvalue weighted by molar-refractivity contribution is 0.134. The molecule has 2 unspecified atom stereocenters. The molecule has 0 saturated heterocycles. The highest BCUT2D eigenvalue weighted by Gasteiger charge is 2.33. The zero-order valence-corrected chi connectivity index (χ0v) is 11.9. The Bertz CT molecular complexity index is 241. The second-order valence-electron chi connectivity index (χ2n) is 4.44. The summed E-state index contributed by atoms with van der Waals surface area (Å²) in [6.07, 6.45) is 2.13. The van der Waals surface area contributed by atoms with Gasteiger partial charge in [0.15, 0.2) is 0 Å². The third-order valence-corrected chi connectivity index (χ3v) is 5.22. The Balaban J connectivity index is 4.36. The van der Waals surface area contributed by atoms with Gasteiger partial charge in [-0.3, -0.25) is 0 Å². The molecule has 0 radical (unpaired) electrons. The molecule has 0 saturated carbocycles. The second-order valence-corrected chi connectivity index (χ2v) is 7.73. The fourth-order valence-electron chi connectivity index (χ4n) is 1.48. The molecule has 0 N–H and O–H groups in total. The average molecular weight is 245 g/mol. The van der Waals surface area contributed by atoms with Crippen molar-refractivity contribution in [3.05, 3.63) is 0 Å². The van der Waals surface area contributed by atoms with Crippen molar-refractivity contribution in [2.75, 3.05) is 6.61 Å². The lowest BCUT2D eigenvalue weighted by Crippen LogP contribution is -2.41. The summed E-state index contributed by atoms with van der Waals surface area (Å²) in [7, 11) is -2.19. The fraction of sp³-hybridized carbons (Fsp3) is 0.909. The molecular formula is C11H23NO3Si. The summed E-state index contributed by atoms with van der Waals surface area (Å²) in [6, 6.07) is 0.928. The number of aliphatic imine (C=N–C) groups is 1. The van der Waals surface area contributed by atoms with Crippen LogP contribution in [0.25, 0.3) is 0 Å². The third kappa shape index (κ3) is 6.90. The molecule has 94 valence electrons. The van der Waals surface area contributed by atoms with Crippen LogP contribution < -0.4 is 0 Å². The Morgan fingerprint density at radius 3 is 2.44 bits per heavy atom. The van der Waals surface area contributed by atoms with Gasteiger partial charge in [-0.15, -0.1) is 0 Å². The van der Waals surface area contributed by atoms with Gasteiger partial charge in [0, 0.05) is 6.61 Å². The van der Waals surface area contributed by atoms with E-state index in [2.05, 4.69) is 18.8 Å². The summed E-state index contributed by atoms with van der Waals surface area (Å²) in [6.45, 7) is 10.7. The topological polar surface area (TPSA) is 47.9 Å². The first-order chi connectivity index (χ1) is 7.43. The van der Waals surface area contributed by atoms with Gasteiger partial charge in [-0.2, -0.15) is 4.99 Å². The zero-order valence-electron chi connectivity index (χ0n) is 10.9. The minimum atomic E-state index is -2.19. The lowest BCUT2D eigenvalue weighted by atomic mass is 10.2. The Hall–Kier alpha value is -0.483. The number of rotatable bonds is 8. The van der Waals surface area contributed by atoms with Gasteiger partial charge in [-0.05, 0) is 38.8 Å². The van der Waals surface area contributed by atoms with E-state index in [9.17, 15) is 4.79 Å². The lowest BCUT2D eigenvalue weighted by Gasteiger charge is -2.28. The van der Waals surface area contributed by atoms with Crippen LogP contribution in [-0.2, 0) is 13.6 Å². The number of hydrogen-bond acceptors (Lipinski definition) is 4. The standard InChI is InChI=1S/C11H23NO3Si/c1-6-14-16(5,8-7-10(2)3)15-11(4)12-9-13/h10-11H,6-8H2,1-5H3. The predicted octanol–water partition coefficient (Wildman–Crippen LogP) is 2.84. The highest BCUT2D eigenvalue weighted by molar-refractivity contribution is 6.66. The van der Waals surface area contributed by atoms with Crippen molar-refractivity contribution >= 4 is 14.6 Å². The summed E-state index contributed by atoms with van der Waals surface area (Å²) in [5.74, 6) is 0.626. The smallest absolute Gasteiger partial charge is 0.336 e. The van der Waals surface area contributed by atoms with Crippen LogP contribution in [0.5, 0.6) is 0 Å². The molecular weight excluding hydrogens is 222 g/mol. The predicted molar refractivity (Wildman–Crippen MR) is 66.2 cm³/mol. The molecule has 0 aromatic heterocycles. The van der Waals surface area contributed by atoms with Gasteiger partial charge in [0.2, 0.25) is 6.08 Å². The van der Waals surface area contributed by atoms with Crippen LogP contribution in [0.1, 0.15) is 34.1 Å². The Labute approximate surface area is 99.3 Å². The molecule has 0 aromatic rings. The van der Waals surface area contributed by atoms with Gasteiger partial charge in [0.05, 0.1) is 0 Å². The summed E-state index contributed by atoms with van der Waals surface area (Å²) in [5, 5.41) is 0. The largest absolute Gasteiger partial charge is 0.395 e. The first-order valence-corrected chi connectivity index (χ1v) is 8.34. The van der Waals surface area contributed by atoms with Crippen LogP contribution in [0.2, 0.25) is 12.6 Å². The van der Waals surface area contributed by atoms with Crippen molar-refractivity contribution in [3.8, 4) is 0 Å². The molecule has 0 amide bonds. The van der Waals surface area contributed by atoms with E-state index in [4.69, 9.17) is 8.85 Å². The molecule has 5 heteroatoms. The summed E-state index contributed by atoms with van der Waals surface area (Å²) < 4.78 is 11.5. The molecule has 0 bridgehead atoms. The van der Waals surface area contributed by atoms with E-state index in [0.29, 0.717) is 12.5 Å². The maximum atomic E-state index is 10.1. The molecule has 4 nitrogen and oxygen atoms in total. The van der Waals surface area contributed by atoms with E-state index in [1.54, 1.807) is 6.92 Å². The minimum absolute atomic E-state index is 0.451. The second kappa shape index (κ2) is 7.74. The molecule has 0 rings (SSSR count). The van der Waals surface area contributed by atoms with Crippen molar-refractivity contribution in [1.29, 1.82) is 0 Å². The highest BCUT2D eigenvalue weighted by atomic mass is 28.4. The van der Waals surface area contributed by atoms with Gasteiger partial charge >= 0.3 is 8.56 Å². The van der Waals surface area contributed by atoms with Crippen molar-refractivity contribution in [3.63, 3.8) is 0 Å². The quantitative estimate of drug-likeness (QED) is 0.375. The molecule has 0 aromatic carbocycles. The van der Waals surface area contributed by atoms with Crippen molar-refractivity contribution in [2.45, 2.75) is 52.9 Å². The van der Waals surface area contributed by atoms with Crippen LogP contribution in [0.3, 0.4) is 0 Å². The first-order valence-electron chi connectivity index (χ1n) is 5.82. The molecule has 0 spiro atoms. The van der Waals surface area contributed by atoms with Crippen LogP contribution >= 0.6 is 0 Å². The molecule has 2 atom stereocenters. The number of isocyanates is 1. The molecule has 16 heavy (non-hydrogen) atoms. The van der Waals surface area contributed by atoms with Crippen LogP contribution in [0.4, 0.5) is 0 Å². The summed E-state index contributed by atoms with van der Waals surface area (Å²) in [5.41, 5.74) is 0. The minimum Gasteiger partial charge on any atom is -0.395 e. The van der Waals surface area contributed by atoms with Gasteiger partial charge < -0.3 is 8.85 Å². The van der Waals surface area contributed by atoms with E-state index < -0.39 is 14.8 Å². The van der Waals surface area contributed by atoms with Crippen molar-refractivity contribution in [2.24, 2.45) is 10.9 Å². The highest BCUT2D eigenvalue weighted by Crippen LogP contribution is 2.21. The van der Waals surface area contributed by atoms with Crippen molar-refractivity contribution < 1.29 is 13.6 Å². The van der Waals surface area contributed by atoms with E-state index >= 15 is 0 Å². The van der Waals surface area contributed by atoms with E-state index in [1.807, 2.05) is 13.5 Å². The number of hydrogen-bond donors (Lipinski definition) is 0. The Morgan fingerprint density at radius 1 is 1.38 bits per heavy atom. The zero-order chi connectivity index (χ0) is 12.6. The third-order valence-electron chi connectivity index (χ3n) is 2.28. The molecule has 0 fully saturated rings. The average Bonchev–Trinajstić information content (AvgIpc) is 2.15. The van der Waals surface area contributed by atoms with E-state index in [0.717, 1.165) is 12.5 Å². The Morgan fingerprint density at radius 2 is 2.00 bits per heavy atom. The van der Waals surface area contributed by atoms with Gasteiger partial charge in [0.1, 0.15) is 6.23 Å². The van der Waals surface area contributed by atoms with Gasteiger partial charge in [-0.1, -0.05) is 13.8 Å². The van der Waals surface area contributed by atoms with Gasteiger partial charge in [-0.25, -0.2) is 4.79 Å². The summed E-state index contributed by atoms with van der Waals surface area (Å²) in [4.78, 5) is 13.7. The van der Waals surface area contributed by atoms with E-state index in [-0.39, 0.29) is 0 Å². The SMILES string of the molecule is CCO[Si](C)(CCC(C)C)OC(C)N=C=O. The summed E-state index contributed by atoms with van der Waals surface area (Å²) >= 11 is 0.